The minimum absolute atomic E-state index is 0.201. The van der Waals surface area contributed by atoms with Crippen molar-refractivity contribution in [2.45, 2.75) is 6.54 Å². The lowest BCUT2D eigenvalue weighted by Gasteiger charge is -2.11. The molecule has 5 rings (SSSR count). The highest BCUT2D eigenvalue weighted by atomic mass is 32.1. The van der Waals surface area contributed by atoms with E-state index in [9.17, 15) is 9.59 Å². The van der Waals surface area contributed by atoms with Crippen molar-refractivity contribution in [1.82, 2.24) is 9.69 Å². The Labute approximate surface area is 181 Å². The topological polar surface area (TPSA) is 89.5 Å². The summed E-state index contributed by atoms with van der Waals surface area (Å²) in [5.41, 5.74) is 2.02. The highest BCUT2D eigenvalue weighted by Gasteiger charge is 2.18. The van der Waals surface area contributed by atoms with Crippen molar-refractivity contribution in [3.8, 4) is 11.5 Å². The van der Waals surface area contributed by atoms with Gasteiger partial charge in [-0.25, -0.2) is 0 Å². The molecule has 31 heavy (non-hydrogen) atoms. The molecule has 8 heteroatoms. The molecule has 0 saturated carbocycles. The van der Waals surface area contributed by atoms with E-state index >= 15 is 0 Å². The van der Waals surface area contributed by atoms with E-state index in [1.54, 1.807) is 24.3 Å². The summed E-state index contributed by atoms with van der Waals surface area (Å²) in [5.74, 6) is 0.706. The molecule has 2 heterocycles. The maximum absolute atomic E-state index is 12.8. The third-order valence-corrected chi connectivity index (χ3v) is 5.73. The van der Waals surface area contributed by atoms with Crippen LogP contribution >= 0.6 is 11.5 Å². The van der Waals surface area contributed by atoms with Crippen molar-refractivity contribution < 1.29 is 19.1 Å². The van der Waals surface area contributed by atoms with Crippen LogP contribution in [0.1, 0.15) is 26.4 Å². The number of fused-ring (bicyclic) bond motifs is 2. The first-order valence-electron chi connectivity index (χ1n) is 9.60. The van der Waals surface area contributed by atoms with E-state index in [2.05, 4.69) is 15.0 Å². The predicted octanol–water partition coefficient (Wildman–Crippen LogP) is 4.21. The quantitative estimate of drug-likeness (QED) is 0.494. The zero-order chi connectivity index (χ0) is 21.2. The number of ether oxygens (including phenoxy) is 2. The molecule has 0 fully saturated rings. The maximum Gasteiger partial charge on any atom is 0.276 e. The van der Waals surface area contributed by atoms with Gasteiger partial charge < -0.3 is 20.1 Å². The van der Waals surface area contributed by atoms with Gasteiger partial charge in [-0.05, 0) is 47.4 Å². The van der Waals surface area contributed by atoms with Crippen LogP contribution in [-0.4, -0.2) is 23.0 Å². The molecule has 2 amide bonds. The second kappa shape index (κ2) is 8.08. The number of nitrogens with one attached hydrogen (secondary N) is 2. The molecule has 1 aliphatic heterocycles. The number of benzene rings is 3. The minimum atomic E-state index is -0.353. The number of nitrogens with zero attached hydrogens (tertiary/aromatic N) is 1. The average Bonchev–Trinajstić information content (AvgIpc) is 3.44. The van der Waals surface area contributed by atoms with Gasteiger partial charge in [-0.15, -0.1) is 0 Å². The van der Waals surface area contributed by atoms with Crippen LogP contribution in [0.5, 0.6) is 11.5 Å². The van der Waals surface area contributed by atoms with E-state index in [1.165, 1.54) is 11.5 Å². The van der Waals surface area contributed by atoms with Gasteiger partial charge in [0.2, 0.25) is 6.79 Å². The van der Waals surface area contributed by atoms with Gasteiger partial charge in [-0.1, -0.05) is 36.4 Å². The Bertz CT molecular complexity index is 1300. The lowest BCUT2D eigenvalue weighted by atomic mass is 10.1. The first-order chi connectivity index (χ1) is 15.2. The van der Waals surface area contributed by atoms with E-state index in [-0.39, 0.29) is 18.6 Å². The third-order valence-electron chi connectivity index (χ3n) is 4.90. The van der Waals surface area contributed by atoms with E-state index in [0.29, 0.717) is 35.0 Å². The largest absolute Gasteiger partial charge is 0.454 e. The smallest absolute Gasteiger partial charge is 0.276 e. The second-order valence-corrected chi connectivity index (χ2v) is 7.70. The molecule has 0 aliphatic carbocycles. The molecular weight excluding hydrogens is 414 g/mol. The fourth-order valence-corrected chi connectivity index (χ4v) is 4.12. The van der Waals surface area contributed by atoms with Crippen LogP contribution < -0.4 is 20.1 Å². The van der Waals surface area contributed by atoms with E-state index < -0.39 is 0 Å². The van der Waals surface area contributed by atoms with Crippen molar-refractivity contribution in [2.75, 3.05) is 12.1 Å². The molecule has 0 saturated heterocycles. The molecular formula is C23H17N3O4S. The Balaban J connectivity index is 1.31. The van der Waals surface area contributed by atoms with Crippen molar-refractivity contribution >= 4 is 39.1 Å². The molecule has 0 unspecified atom stereocenters. The normalized spacial score (nSPS) is 12.0. The van der Waals surface area contributed by atoms with Crippen LogP contribution in [0.2, 0.25) is 0 Å². The van der Waals surface area contributed by atoms with Gasteiger partial charge in [0, 0.05) is 11.9 Å². The van der Waals surface area contributed by atoms with Crippen LogP contribution in [0.3, 0.4) is 0 Å². The SMILES string of the molecule is O=C(NCc1ccc2c(c1)OCO2)c1ccccc1NC(=O)c1nsc2ccccc12. The van der Waals surface area contributed by atoms with Gasteiger partial charge >= 0.3 is 0 Å². The number of carbonyl (C=O) groups excluding carboxylic acids is 2. The molecule has 0 radical (unpaired) electrons. The number of hydrogen-bond donors (Lipinski definition) is 2. The first-order valence-corrected chi connectivity index (χ1v) is 10.4. The number of carbonyl (C=O) groups is 2. The van der Waals surface area contributed by atoms with Crippen LogP contribution in [0.15, 0.2) is 66.7 Å². The summed E-state index contributed by atoms with van der Waals surface area (Å²) < 4.78 is 15.9. The fraction of sp³-hybridized carbons (Fsp3) is 0.0870. The Hall–Kier alpha value is -3.91. The zero-order valence-electron chi connectivity index (χ0n) is 16.3. The van der Waals surface area contributed by atoms with Crippen LogP contribution in [0.25, 0.3) is 10.1 Å². The minimum Gasteiger partial charge on any atom is -0.454 e. The summed E-state index contributed by atoms with van der Waals surface area (Å²) in [5, 5.41) is 6.50. The summed E-state index contributed by atoms with van der Waals surface area (Å²) in [6, 6.07) is 20.0. The molecule has 7 nitrogen and oxygen atoms in total. The molecule has 1 aromatic heterocycles. The van der Waals surface area contributed by atoms with Crippen LogP contribution in [0, 0.1) is 0 Å². The molecule has 154 valence electrons. The molecule has 4 aromatic rings. The Morgan fingerprint density at radius 1 is 0.935 bits per heavy atom. The van der Waals surface area contributed by atoms with Gasteiger partial charge in [0.25, 0.3) is 11.8 Å². The highest BCUT2D eigenvalue weighted by Crippen LogP contribution is 2.32. The van der Waals surface area contributed by atoms with Gasteiger partial charge in [-0.2, -0.15) is 4.37 Å². The third kappa shape index (κ3) is 3.80. The summed E-state index contributed by atoms with van der Waals surface area (Å²) in [7, 11) is 0. The number of aromatic nitrogens is 1. The maximum atomic E-state index is 12.8. The lowest BCUT2D eigenvalue weighted by Crippen LogP contribution is -2.25. The summed E-state index contributed by atoms with van der Waals surface area (Å²) in [6.45, 7) is 0.515. The van der Waals surface area contributed by atoms with Gasteiger partial charge in [0.1, 0.15) is 5.69 Å². The fourth-order valence-electron chi connectivity index (χ4n) is 3.35. The molecule has 2 N–H and O–H groups in total. The lowest BCUT2D eigenvalue weighted by molar-refractivity contribution is 0.0951. The zero-order valence-corrected chi connectivity index (χ0v) is 17.1. The van der Waals surface area contributed by atoms with E-state index in [1.807, 2.05) is 42.5 Å². The Morgan fingerprint density at radius 2 is 1.74 bits per heavy atom. The number of hydrogen-bond acceptors (Lipinski definition) is 6. The molecule has 3 aromatic carbocycles. The predicted molar refractivity (Wildman–Crippen MR) is 118 cm³/mol. The highest BCUT2D eigenvalue weighted by molar-refractivity contribution is 7.13. The second-order valence-electron chi connectivity index (χ2n) is 6.90. The monoisotopic (exact) mass is 431 g/mol. The van der Waals surface area contributed by atoms with Crippen molar-refractivity contribution in [3.05, 3.63) is 83.6 Å². The van der Waals surface area contributed by atoms with Gasteiger partial charge in [0.05, 0.1) is 16.0 Å². The molecule has 0 spiro atoms. The van der Waals surface area contributed by atoms with Crippen LogP contribution in [0.4, 0.5) is 5.69 Å². The van der Waals surface area contributed by atoms with Gasteiger partial charge in [-0.3, -0.25) is 9.59 Å². The molecule has 1 aliphatic rings. The Morgan fingerprint density at radius 3 is 2.68 bits per heavy atom. The first kappa shape index (κ1) is 19.1. The van der Waals surface area contributed by atoms with E-state index in [0.717, 1.165) is 15.6 Å². The molecule has 0 bridgehead atoms. The summed E-state index contributed by atoms with van der Waals surface area (Å²) in [6.07, 6.45) is 0. The number of amides is 2. The van der Waals surface area contributed by atoms with Crippen molar-refractivity contribution in [3.63, 3.8) is 0 Å². The average molecular weight is 431 g/mol. The summed E-state index contributed by atoms with van der Waals surface area (Å²) in [4.78, 5) is 25.6. The number of para-hydroxylation sites is 1. The molecule has 0 atom stereocenters. The van der Waals surface area contributed by atoms with Gasteiger partial charge in [0.15, 0.2) is 11.5 Å². The van der Waals surface area contributed by atoms with Crippen molar-refractivity contribution in [2.24, 2.45) is 0 Å². The summed E-state index contributed by atoms with van der Waals surface area (Å²) >= 11 is 1.27. The van der Waals surface area contributed by atoms with Crippen molar-refractivity contribution in [1.29, 1.82) is 0 Å². The van der Waals surface area contributed by atoms with Crippen LogP contribution in [-0.2, 0) is 6.54 Å². The van der Waals surface area contributed by atoms with E-state index in [4.69, 9.17) is 9.47 Å². The number of rotatable bonds is 5. The Kier molecular flexibility index (Phi) is 4.97. The number of anilines is 1. The standard InChI is InChI=1S/C23H17N3O4S/c27-22(24-12-14-9-10-18-19(11-14)30-13-29-18)15-5-1-3-7-17(15)25-23(28)21-16-6-2-4-8-20(16)31-26-21/h1-11H,12-13H2,(H,24,27)(H,25,28).